The molecule has 0 amide bonds. The van der Waals surface area contributed by atoms with Crippen LogP contribution in [-0.4, -0.2) is 0 Å². The molecule has 1 spiro atoms. The highest BCUT2D eigenvalue weighted by molar-refractivity contribution is 7.25. The summed E-state index contributed by atoms with van der Waals surface area (Å²) in [5.74, 6) is 0. The molecule has 10 aromatic rings. The summed E-state index contributed by atoms with van der Waals surface area (Å²) in [6.45, 7) is 0. The zero-order valence-electron chi connectivity index (χ0n) is 31.1. The van der Waals surface area contributed by atoms with Crippen LogP contribution in [0.25, 0.3) is 64.7 Å². The summed E-state index contributed by atoms with van der Waals surface area (Å²) < 4.78 is 2.61. The van der Waals surface area contributed by atoms with Crippen molar-refractivity contribution in [2.45, 2.75) is 5.41 Å². The van der Waals surface area contributed by atoms with Gasteiger partial charge in [0.25, 0.3) is 0 Å². The fourth-order valence-electron chi connectivity index (χ4n) is 10.0. The lowest BCUT2D eigenvalue weighted by Crippen LogP contribution is -2.26. The van der Waals surface area contributed by atoms with Gasteiger partial charge in [0.1, 0.15) is 0 Å². The Morgan fingerprint density at radius 2 is 0.842 bits per heavy atom. The van der Waals surface area contributed by atoms with Crippen molar-refractivity contribution in [2.75, 3.05) is 4.90 Å². The van der Waals surface area contributed by atoms with Gasteiger partial charge < -0.3 is 4.90 Å². The molecule has 0 bridgehead atoms. The van der Waals surface area contributed by atoms with E-state index < -0.39 is 5.41 Å². The number of para-hydroxylation sites is 1. The second kappa shape index (κ2) is 12.5. The normalized spacial score (nSPS) is 13.1. The number of hydrogen-bond donors (Lipinski definition) is 0. The van der Waals surface area contributed by atoms with Crippen molar-refractivity contribution < 1.29 is 0 Å². The summed E-state index contributed by atoms with van der Waals surface area (Å²) >= 11 is 1.87. The highest BCUT2D eigenvalue weighted by Crippen LogP contribution is 2.65. The Morgan fingerprint density at radius 1 is 0.333 bits per heavy atom. The predicted molar refractivity (Wildman–Crippen MR) is 241 cm³/mol. The van der Waals surface area contributed by atoms with Crippen molar-refractivity contribution in [1.29, 1.82) is 0 Å². The number of nitrogens with zero attached hydrogens (tertiary/aromatic N) is 1. The quantitative estimate of drug-likeness (QED) is 0.170. The van der Waals surface area contributed by atoms with E-state index >= 15 is 0 Å². The molecule has 0 radical (unpaired) electrons. The summed E-state index contributed by atoms with van der Waals surface area (Å²) in [5, 5.41) is 2.61. The van der Waals surface area contributed by atoms with Crippen LogP contribution in [0.2, 0.25) is 0 Å². The maximum Gasteiger partial charge on any atom is 0.0726 e. The third kappa shape index (κ3) is 4.56. The van der Waals surface area contributed by atoms with Crippen LogP contribution in [0.15, 0.2) is 212 Å². The van der Waals surface area contributed by atoms with Gasteiger partial charge in [-0.15, -0.1) is 11.3 Å². The van der Waals surface area contributed by atoms with Crippen LogP contribution >= 0.6 is 11.3 Å². The van der Waals surface area contributed by atoms with Gasteiger partial charge in [-0.1, -0.05) is 176 Å². The molecule has 1 aromatic heterocycles. The first-order valence-electron chi connectivity index (χ1n) is 19.7. The van der Waals surface area contributed by atoms with Crippen LogP contribution in [0, 0.1) is 0 Å². The number of hydrogen-bond acceptors (Lipinski definition) is 2. The minimum absolute atomic E-state index is 0.432. The fraction of sp³-hybridized carbons (Fsp3) is 0.0182. The zero-order valence-corrected chi connectivity index (χ0v) is 31.9. The van der Waals surface area contributed by atoms with Crippen molar-refractivity contribution in [2.24, 2.45) is 0 Å². The monoisotopic (exact) mass is 741 g/mol. The lowest BCUT2D eigenvalue weighted by atomic mass is 9.70. The summed E-state index contributed by atoms with van der Waals surface area (Å²) in [7, 11) is 0. The van der Waals surface area contributed by atoms with Crippen LogP contribution < -0.4 is 4.90 Å². The molecule has 0 fully saturated rings. The maximum absolute atomic E-state index is 2.53. The van der Waals surface area contributed by atoms with E-state index in [0.717, 1.165) is 11.4 Å². The van der Waals surface area contributed by atoms with E-state index in [0.29, 0.717) is 0 Å². The lowest BCUT2D eigenvalue weighted by Gasteiger charge is -2.32. The molecule has 2 heteroatoms. The predicted octanol–water partition coefficient (Wildman–Crippen LogP) is 15.2. The molecular formula is C55H35NS. The Hall–Kier alpha value is -7.00. The first-order chi connectivity index (χ1) is 28.3. The van der Waals surface area contributed by atoms with Crippen molar-refractivity contribution in [3.8, 4) is 44.5 Å². The van der Waals surface area contributed by atoms with Gasteiger partial charge in [0, 0.05) is 37.0 Å². The van der Waals surface area contributed by atoms with E-state index in [-0.39, 0.29) is 0 Å². The number of rotatable bonds is 5. The van der Waals surface area contributed by atoms with Gasteiger partial charge in [-0.3, -0.25) is 0 Å². The lowest BCUT2D eigenvalue weighted by molar-refractivity contribution is 0.794. The molecule has 0 N–H and O–H groups in total. The average Bonchev–Trinajstić information content (AvgIpc) is 3.92. The van der Waals surface area contributed by atoms with Gasteiger partial charge in [-0.25, -0.2) is 0 Å². The number of fused-ring (bicyclic) bond motifs is 13. The molecule has 1 heterocycles. The zero-order chi connectivity index (χ0) is 37.5. The van der Waals surface area contributed by atoms with Crippen molar-refractivity contribution >= 4 is 48.6 Å². The largest absolute Gasteiger partial charge is 0.309 e. The molecule has 2 aliphatic rings. The Labute approximate surface area is 336 Å². The second-order valence-corrected chi connectivity index (χ2v) is 16.2. The van der Waals surface area contributed by atoms with E-state index in [1.807, 2.05) is 11.3 Å². The summed E-state index contributed by atoms with van der Waals surface area (Å²) in [5.41, 5.74) is 18.4. The van der Waals surface area contributed by atoms with Crippen LogP contribution in [0.1, 0.15) is 22.3 Å². The van der Waals surface area contributed by atoms with Crippen molar-refractivity contribution in [1.82, 2.24) is 0 Å². The first-order valence-corrected chi connectivity index (χ1v) is 20.5. The van der Waals surface area contributed by atoms with Gasteiger partial charge in [0.15, 0.2) is 0 Å². The molecule has 0 saturated heterocycles. The Bertz CT molecular complexity index is 3140. The van der Waals surface area contributed by atoms with Crippen LogP contribution in [0.4, 0.5) is 17.1 Å². The summed E-state index contributed by atoms with van der Waals surface area (Å²) in [6, 6.07) is 78.7. The third-order valence-electron chi connectivity index (χ3n) is 12.3. The van der Waals surface area contributed by atoms with E-state index in [1.54, 1.807) is 0 Å². The van der Waals surface area contributed by atoms with Gasteiger partial charge in [-0.2, -0.15) is 0 Å². The minimum Gasteiger partial charge on any atom is -0.309 e. The smallest absolute Gasteiger partial charge is 0.0726 e. The molecule has 0 aliphatic heterocycles. The van der Waals surface area contributed by atoms with E-state index in [9.17, 15) is 0 Å². The molecular weight excluding hydrogens is 707 g/mol. The molecule has 12 rings (SSSR count). The topological polar surface area (TPSA) is 3.24 Å². The molecule has 1 nitrogen and oxygen atoms in total. The SMILES string of the molecule is c1ccc(-c2ccc(N(c3ccccc3-c3cccc4sc5ccccc5c34)c3cccc4c3-c3ccccc3C43c4ccccc4-c4ccccc43)cc2)cc1. The Morgan fingerprint density at radius 3 is 1.60 bits per heavy atom. The van der Waals surface area contributed by atoms with Crippen LogP contribution in [0.3, 0.4) is 0 Å². The standard InChI is InChI=1S/C55H35NS/c1-2-16-36(17-3-1)37-32-34-38(35-33-37)56(49-28-12-7-20-41(49)42-23-14-31-52-53(42)44-22-8-13-30-51(44)57-52)50-29-15-27-48-54(50)43-21-6-11-26-47(43)55(48)45-24-9-4-18-39(45)40-19-5-10-25-46(40)55/h1-35H. The van der Waals surface area contributed by atoms with Crippen LogP contribution in [-0.2, 0) is 5.41 Å². The highest BCUT2D eigenvalue weighted by atomic mass is 32.1. The summed E-state index contributed by atoms with van der Waals surface area (Å²) in [6.07, 6.45) is 0. The molecule has 2 aliphatic carbocycles. The highest BCUT2D eigenvalue weighted by Gasteiger charge is 2.52. The van der Waals surface area contributed by atoms with Gasteiger partial charge in [-0.05, 0) is 92.0 Å². The maximum atomic E-state index is 2.53. The third-order valence-corrected chi connectivity index (χ3v) is 13.4. The van der Waals surface area contributed by atoms with E-state index in [2.05, 4.69) is 217 Å². The second-order valence-electron chi connectivity index (χ2n) is 15.1. The molecule has 0 atom stereocenters. The molecule has 266 valence electrons. The van der Waals surface area contributed by atoms with Gasteiger partial charge in [0.2, 0.25) is 0 Å². The summed E-state index contributed by atoms with van der Waals surface area (Å²) in [4.78, 5) is 2.53. The minimum atomic E-state index is -0.432. The van der Waals surface area contributed by atoms with Gasteiger partial charge in [0.05, 0.1) is 16.8 Å². The number of thiophene rings is 1. The first kappa shape index (κ1) is 32.3. The molecule has 57 heavy (non-hydrogen) atoms. The molecule has 0 saturated carbocycles. The van der Waals surface area contributed by atoms with Crippen LogP contribution in [0.5, 0.6) is 0 Å². The molecule has 0 unspecified atom stereocenters. The molecule has 9 aromatic carbocycles. The average molecular weight is 742 g/mol. The van der Waals surface area contributed by atoms with Crippen molar-refractivity contribution in [3.63, 3.8) is 0 Å². The van der Waals surface area contributed by atoms with E-state index in [4.69, 9.17) is 0 Å². The Kier molecular flexibility index (Phi) is 7.08. The number of anilines is 3. The van der Waals surface area contributed by atoms with E-state index in [1.165, 1.54) is 92.6 Å². The van der Waals surface area contributed by atoms with Gasteiger partial charge >= 0.3 is 0 Å². The Balaban J connectivity index is 1.16. The van der Waals surface area contributed by atoms with Crippen molar-refractivity contribution in [3.05, 3.63) is 235 Å². The number of benzene rings is 9. The fourth-order valence-corrected chi connectivity index (χ4v) is 11.2.